The van der Waals surface area contributed by atoms with Crippen LogP contribution >= 0.6 is 0 Å². The van der Waals surface area contributed by atoms with Crippen molar-refractivity contribution in [1.29, 1.82) is 0 Å². The SMILES string of the molecule is NC(=O)c1ccc(NC2CN3CCC2CC3)cc1F. The number of nitrogens with one attached hydrogen (secondary N) is 1. The number of hydrogen-bond donors (Lipinski definition) is 2. The normalized spacial score (nSPS) is 29.2. The first-order valence-electron chi connectivity index (χ1n) is 6.72. The molecule has 102 valence electrons. The molecular formula is C14H18FN3O. The Morgan fingerprint density at radius 1 is 1.37 bits per heavy atom. The monoisotopic (exact) mass is 263 g/mol. The van der Waals surface area contributed by atoms with E-state index in [-0.39, 0.29) is 5.56 Å². The maximum Gasteiger partial charge on any atom is 0.251 e. The molecule has 0 spiro atoms. The van der Waals surface area contributed by atoms with Gasteiger partial charge < -0.3 is 16.0 Å². The van der Waals surface area contributed by atoms with Crippen LogP contribution in [0.4, 0.5) is 10.1 Å². The van der Waals surface area contributed by atoms with Crippen LogP contribution in [-0.4, -0.2) is 36.5 Å². The van der Waals surface area contributed by atoms with Crippen LogP contribution in [-0.2, 0) is 0 Å². The number of primary amides is 1. The van der Waals surface area contributed by atoms with Crippen molar-refractivity contribution < 1.29 is 9.18 Å². The van der Waals surface area contributed by atoms with Crippen molar-refractivity contribution >= 4 is 11.6 Å². The number of carbonyl (C=O) groups is 1. The Morgan fingerprint density at radius 3 is 2.63 bits per heavy atom. The number of amides is 1. The van der Waals surface area contributed by atoms with Gasteiger partial charge in [-0.25, -0.2) is 4.39 Å². The summed E-state index contributed by atoms with van der Waals surface area (Å²) in [5.74, 6) is -0.616. The van der Waals surface area contributed by atoms with Crippen LogP contribution in [0.15, 0.2) is 18.2 Å². The van der Waals surface area contributed by atoms with E-state index < -0.39 is 11.7 Å². The highest BCUT2D eigenvalue weighted by Gasteiger charge is 2.33. The Hall–Kier alpha value is -1.62. The molecule has 3 heterocycles. The molecule has 3 saturated heterocycles. The fourth-order valence-corrected chi connectivity index (χ4v) is 3.15. The van der Waals surface area contributed by atoms with Crippen LogP contribution in [0.2, 0.25) is 0 Å². The van der Waals surface area contributed by atoms with Crippen LogP contribution in [0.1, 0.15) is 23.2 Å². The van der Waals surface area contributed by atoms with Gasteiger partial charge >= 0.3 is 0 Å². The summed E-state index contributed by atoms with van der Waals surface area (Å²) in [6.07, 6.45) is 2.42. The number of anilines is 1. The first-order valence-corrected chi connectivity index (χ1v) is 6.72. The van der Waals surface area contributed by atoms with Gasteiger partial charge in [-0.1, -0.05) is 0 Å². The fraction of sp³-hybridized carbons (Fsp3) is 0.500. The molecule has 1 atom stereocenters. The molecule has 1 aromatic carbocycles. The van der Waals surface area contributed by atoms with Crippen molar-refractivity contribution in [2.45, 2.75) is 18.9 Å². The number of carbonyl (C=O) groups excluding carboxylic acids is 1. The summed E-state index contributed by atoms with van der Waals surface area (Å²) in [7, 11) is 0. The molecule has 2 bridgehead atoms. The van der Waals surface area contributed by atoms with Gasteiger partial charge in [0.05, 0.1) is 5.56 Å². The van der Waals surface area contributed by atoms with E-state index in [2.05, 4.69) is 10.2 Å². The van der Waals surface area contributed by atoms with Gasteiger partial charge in [-0.3, -0.25) is 4.79 Å². The molecule has 3 aliphatic rings. The molecule has 3 fully saturated rings. The quantitative estimate of drug-likeness (QED) is 0.867. The molecule has 0 saturated carbocycles. The second kappa shape index (κ2) is 4.81. The number of halogens is 1. The average molecular weight is 263 g/mol. The number of hydrogen-bond acceptors (Lipinski definition) is 3. The standard InChI is InChI=1S/C14H18FN3O/c15-12-7-10(1-2-11(12)14(16)19)17-13-8-18-5-3-9(13)4-6-18/h1-2,7,9,13,17H,3-6,8H2,(H2,16,19). The molecule has 19 heavy (non-hydrogen) atoms. The average Bonchev–Trinajstić information content (AvgIpc) is 2.39. The van der Waals surface area contributed by atoms with Crippen LogP contribution in [0.3, 0.4) is 0 Å². The lowest BCUT2D eigenvalue weighted by atomic mass is 9.84. The third-order valence-corrected chi connectivity index (χ3v) is 4.24. The molecule has 5 heteroatoms. The summed E-state index contributed by atoms with van der Waals surface area (Å²) in [6, 6.07) is 4.90. The lowest BCUT2D eigenvalue weighted by Gasteiger charge is -2.45. The molecule has 4 nitrogen and oxygen atoms in total. The van der Waals surface area contributed by atoms with E-state index in [4.69, 9.17) is 5.73 Å². The third kappa shape index (κ3) is 2.42. The predicted octanol–water partition coefficient (Wildman–Crippen LogP) is 1.43. The van der Waals surface area contributed by atoms with Gasteiger partial charge in [0.25, 0.3) is 5.91 Å². The van der Waals surface area contributed by atoms with Crippen molar-refractivity contribution in [1.82, 2.24) is 4.90 Å². The predicted molar refractivity (Wildman–Crippen MR) is 71.5 cm³/mol. The van der Waals surface area contributed by atoms with Crippen LogP contribution in [0, 0.1) is 11.7 Å². The zero-order chi connectivity index (χ0) is 13.4. The Kier molecular flexibility index (Phi) is 3.14. The van der Waals surface area contributed by atoms with Crippen molar-refractivity contribution in [3.63, 3.8) is 0 Å². The fourth-order valence-electron chi connectivity index (χ4n) is 3.15. The molecule has 0 aromatic heterocycles. The third-order valence-electron chi connectivity index (χ3n) is 4.24. The minimum absolute atomic E-state index is 0.0561. The molecular weight excluding hydrogens is 245 g/mol. The molecule has 0 radical (unpaired) electrons. The van der Waals surface area contributed by atoms with Crippen molar-refractivity contribution in [2.75, 3.05) is 25.0 Å². The molecule has 1 aromatic rings. The zero-order valence-electron chi connectivity index (χ0n) is 10.7. The molecule has 4 rings (SSSR count). The number of rotatable bonds is 3. The highest BCUT2D eigenvalue weighted by molar-refractivity contribution is 5.93. The van der Waals surface area contributed by atoms with Gasteiger partial charge in [-0.15, -0.1) is 0 Å². The van der Waals surface area contributed by atoms with Gasteiger partial charge in [0.15, 0.2) is 0 Å². The van der Waals surface area contributed by atoms with Crippen molar-refractivity contribution in [3.05, 3.63) is 29.6 Å². The number of nitrogens with zero attached hydrogens (tertiary/aromatic N) is 1. The molecule has 1 unspecified atom stereocenters. The summed E-state index contributed by atoms with van der Waals surface area (Å²) < 4.78 is 13.7. The largest absolute Gasteiger partial charge is 0.381 e. The number of nitrogens with two attached hydrogens (primary N) is 1. The van der Waals surface area contributed by atoms with Gasteiger partial charge in [0.2, 0.25) is 0 Å². The van der Waals surface area contributed by atoms with E-state index in [1.165, 1.54) is 38.1 Å². The second-order valence-corrected chi connectivity index (χ2v) is 5.45. The highest BCUT2D eigenvalue weighted by Crippen LogP contribution is 2.30. The van der Waals surface area contributed by atoms with E-state index in [9.17, 15) is 9.18 Å². The molecule has 1 amide bonds. The summed E-state index contributed by atoms with van der Waals surface area (Å²) >= 11 is 0. The summed E-state index contributed by atoms with van der Waals surface area (Å²) in [5, 5.41) is 3.39. The first-order chi connectivity index (χ1) is 9.13. The summed E-state index contributed by atoms with van der Waals surface area (Å²) in [5.41, 5.74) is 5.76. The molecule has 3 aliphatic heterocycles. The molecule has 3 N–H and O–H groups in total. The second-order valence-electron chi connectivity index (χ2n) is 5.45. The zero-order valence-corrected chi connectivity index (χ0v) is 10.7. The Balaban J connectivity index is 1.73. The van der Waals surface area contributed by atoms with E-state index >= 15 is 0 Å². The van der Waals surface area contributed by atoms with Gasteiger partial charge in [0, 0.05) is 18.3 Å². The minimum Gasteiger partial charge on any atom is -0.381 e. The number of piperidine rings is 3. The van der Waals surface area contributed by atoms with Crippen LogP contribution in [0.5, 0.6) is 0 Å². The van der Waals surface area contributed by atoms with Crippen LogP contribution < -0.4 is 11.1 Å². The Labute approximate surface area is 111 Å². The smallest absolute Gasteiger partial charge is 0.251 e. The van der Waals surface area contributed by atoms with Crippen molar-refractivity contribution in [3.8, 4) is 0 Å². The highest BCUT2D eigenvalue weighted by atomic mass is 19.1. The van der Waals surface area contributed by atoms with Crippen LogP contribution in [0.25, 0.3) is 0 Å². The Bertz CT molecular complexity index is 497. The van der Waals surface area contributed by atoms with E-state index in [0.29, 0.717) is 12.0 Å². The maximum absolute atomic E-state index is 13.7. The minimum atomic E-state index is -0.730. The van der Waals surface area contributed by atoms with E-state index in [1.54, 1.807) is 6.07 Å². The van der Waals surface area contributed by atoms with Gasteiger partial charge in [-0.2, -0.15) is 0 Å². The topological polar surface area (TPSA) is 58.4 Å². The first kappa shape index (κ1) is 12.4. The lowest BCUT2D eigenvalue weighted by molar-refractivity contribution is 0.0975. The van der Waals surface area contributed by atoms with Gasteiger partial charge in [-0.05, 0) is 50.0 Å². The number of benzene rings is 1. The van der Waals surface area contributed by atoms with Gasteiger partial charge in [0.1, 0.15) is 5.82 Å². The maximum atomic E-state index is 13.7. The van der Waals surface area contributed by atoms with E-state index in [0.717, 1.165) is 12.2 Å². The summed E-state index contributed by atoms with van der Waals surface area (Å²) in [6.45, 7) is 3.37. The lowest BCUT2D eigenvalue weighted by Crippen LogP contribution is -2.53. The van der Waals surface area contributed by atoms with E-state index in [1.807, 2.05) is 0 Å². The number of fused-ring (bicyclic) bond motifs is 3. The van der Waals surface area contributed by atoms with Crippen molar-refractivity contribution in [2.24, 2.45) is 11.7 Å². The Morgan fingerprint density at radius 2 is 2.11 bits per heavy atom. The summed E-state index contributed by atoms with van der Waals surface area (Å²) in [4.78, 5) is 13.4. The molecule has 0 aliphatic carbocycles.